The molecule has 2 N–H and O–H groups in total. The molecule has 5 rings (SSSR count). The lowest BCUT2D eigenvalue weighted by Gasteiger charge is -2.27. The molecule has 2 aromatic heterocycles. The Morgan fingerprint density at radius 2 is 1.86 bits per heavy atom. The van der Waals surface area contributed by atoms with Gasteiger partial charge in [-0.3, -0.25) is 9.89 Å². The number of hydrogen-bond acceptors (Lipinski definition) is 5. The summed E-state index contributed by atoms with van der Waals surface area (Å²) in [7, 11) is 0. The lowest BCUT2D eigenvalue weighted by molar-refractivity contribution is -0.137. The number of aromatic amines is 1. The minimum absolute atomic E-state index is 0.0588. The fourth-order valence-corrected chi connectivity index (χ4v) is 4.05. The van der Waals surface area contributed by atoms with Crippen LogP contribution in [-0.4, -0.2) is 52.3 Å². The first-order valence-corrected chi connectivity index (χ1v) is 11.1. The van der Waals surface area contributed by atoms with Crippen molar-refractivity contribution in [3.05, 3.63) is 83.0 Å². The zero-order chi connectivity index (χ0) is 24.4. The molecule has 0 atom stereocenters. The Hall–Kier alpha value is -3.92. The molecule has 2 aromatic carbocycles. The van der Waals surface area contributed by atoms with E-state index in [9.17, 15) is 18.0 Å². The number of fused-ring (bicyclic) bond motifs is 1. The SMILES string of the molecule is O=C(c1cccc(Nc2[nH]nc3ncc(Cc4cccc(C(F)(F)F)c4)cc23)c1)N1CCOCC1. The van der Waals surface area contributed by atoms with Crippen LogP contribution in [0, 0.1) is 0 Å². The zero-order valence-corrected chi connectivity index (χ0v) is 18.6. The Bertz CT molecular complexity index is 1360. The van der Waals surface area contributed by atoms with Gasteiger partial charge in [0.15, 0.2) is 5.65 Å². The van der Waals surface area contributed by atoms with Gasteiger partial charge >= 0.3 is 6.18 Å². The number of amides is 1. The van der Waals surface area contributed by atoms with Gasteiger partial charge in [0, 0.05) is 30.5 Å². The summed E-state index contributed by atoms with van der Waals surface area (Å²) in [5.41, 5.74) is 2.33. The summed E-state index contributed by atoms with van der Waals surface area (Å²) >= 11 is 0. The fraction of sp³-hybridized carbons (Fsp3) is 0.240. The molecule has 3 heterocycles. The molecule has 0 radical (unpaired) electrons. The predicted molar refractivity (Wildman–Crippen MR) is 125 cm³/mol. The standard InChI is InChI=1S/C25H22F3N5O2/c26-25(27,28)19-5-1-3-16(12-19)11-17-13-21-22(29-15-17)31-32-23(21)30-20-6-2-4-18(14-20)24(34)33-7-9-35-10-8-33/h1-6,12-15H,7-11H2,(H2,29,30,31,32). The van der Waals surface area contributed by atoms with Crippen molar-refractivity contribution in [3.63, 3.8) is 0 Å². The first-order chi connectivity index (χ1) is 16.9. The van der Waals surface area contributed by atoms with Gasteiger partial charge in [-0.15, -0.1) is 0 Å². The number of alkyl halides is 3. The molecule has 0 saturated carbocycles. The second-order valence-corrected chi connectivity index (χ2v) is 8.30. The van der Waals surface area contributed by atoms with Crippen molar-refractivity contribution in [2.24, 2.45) is 0 Å². The second kappa shape index (κ2) is 9.38. The lowest BCUT2D eigenvalue weighted by atomic mass is 10.0. The molecule has 1 saturated heterocycles. The van der Waals surface area contributed by atoms with E-state index in [0.717, 1.165) is 17.7 Å². The summed E-state index contributed by atoms with van der Waals surface area (Å²) in [4.78, 5) is 18.9. The summed E-state index contributed by atoms with van der Waals surface area (Å²) in [6.07, 6.45) is -2.49. The fourth-order valence-electron chi connectivity index (χ4n) is 4.05. The maximum absolute atomic E-state index is 13.1. The largest absolute Gasteiger partial charge is 0.416 e. The Balaban J connectivity index is 1.37. The third-order valence-electron chi connectivity index (χ3n) is 5.81. The van der Waals surface area contributed by atoms with E-state index in [4.69, 9.17) is 4.74 Å². The molecule has 10 heteroatoms. The molecule has 7 nitrogen and oxygen atoms in total. The first-order valence-electron chi connectivity index (χ1n) is 11.1. The highest BCUT2D eigenvalue weighted by molar-refractivity contribution is 5.96. The van der Waals surface area contributed by atoms with Gasteiger partial charge in [-0.2, -0.15) is 18.3 Å². The number of benzene rings is 2. The summed E-state index contributed by atoms with van der Waals surface area (Å²) in [5, 5.41) is 11.1. The number of nitrogens with one attached hydrogen (secondary N) is 2. The van der Waals surface area contributed by atoms with Crippen molar-refractivity contribution in [1.82, 2.24) is 20.1 Å². The second-order valence-electron chi connectivity index (χ2n) is 8.30. The summed E-state index contributed by atoms with van der Waals surface area (Å²) < 4.78 is 44.5. The molecular weight excluding hydrogens is 459 g/mol. The number of H-pyrrole nitrogens is 1. The summed E-state index contributed by atoms with van der Waals surface area (Å²) in [6, 6.07) is 14.3. The number of anilines is 2. The number of rotatable bonds is 5. The topological polar surface area (TPSA) is 83.1 Å². The molecule has 0 unspecified atom stereocenters. The smallest absolute Gasteiger partial charge is 0.378 e. The number of nitrogens with zero attached hydrogens (tertiary/aromatic N) is 3. The molecule has 0 aliphatic carbocycles. The van der Waals surface area contributed by atoms with E-state index >= 15 is 0 Å². The van der Waals surface area contributed by atoms with Crippen LogP contribution in [0.3, 0.4) is 0 Å². The van der Waals surface area contributed by atoms with Crippen molar-refractivity contribution in [1.29, 1.82) is 0 Å². The molecule has 0 spiro atoms. The number of aromatic nitrogens is 3. The van der Waals surface area contributed by atoms with Crippen LogP contribution < -0.4 is 5.32 Å². The van der Waals surface area contributed by atoms with Gasteiger partial charge in [0.05, 0.1) is 24.2 Å². The van der Waals surface area contributed by atoms with Crippen molar-refractivity contribution >= 4 is 28.4 Å². The van der Waals surface area contributed by atoms with Crippen LogP contribution in [0.5, 0.6) is 0 Å². The van der Waals surface area contributed by atoms with Crippen LogP contribution in [0.25, 0.3) is 11.0 Å². The highest BCUT2D eigenvalue weighted by atomic mass is 19.4. The van der Waals surface area contributed by atoms with Crippen LogP contribution >= 0.6 is 0 Å². The monoisotopic (exact) mass is 481 g/mol. The minimum Gasteiger partial charge on any atom is -0.378 e. The Morgan fingerprint density at radius 3 is 2.66 bits per heavy atom. The number of pyridine rings is 1. The van der Waals surface area contributed by atoms with E-state index in [1.54, 1.807) is 35.4 Å². The van der Waals surface area contributed by atoms with Crippen LogP contribution in [0.4, 0.5) is 24.7 Å². The number of halogens is 3. The van der Waals surface area contributed by atoms with Crippen LogP contribution in [0.1, 0.15) is 27.0 Å². The van der Waals surface area contributed by atoms with Gasteiger partial charge in [0.1, 0.15) is 5.82 Å². The summed E-state index contributed by atoms with van der Waals surface area (Å²) in [5.74, 6) is 0.519. The highest BCUT2D eigenvalue weighted by Gasteiger charge is 2.30. The number of morpholine rings is 1. The molecule has 4 aromatic rings. The maximum Gasteiger partial charge on any atom is 0.416 e. The van der Waals surface area contributed by atoms with Crippen molar-refractivity contribution in [2.45, 2.75) is 12.6 Å². The Labute approximate surface area is 198 Å². The molecule has 0 bridgehead atoms. The van der Waals surface area contributed by atoms with E-state index < -0.39 is 11.7 Å². The molecule has 1 aliphatic heterocycles. The van der Waals surface area contributed by atoms with E-state index in [2.05, 4.69) is 20.5 Å². The highest BCUT2D eigenvalue weighted by Crippen LogP contribution is 2.30. The predicted octanol–water partition coefficient (Wildman–Crippen LogP) is 4.78. The number of hydrogen-bond donors (Lipinski definition) is 2. The third kappa shape index (κ3) is 5.12. The van der Waals surface area contributed by atoms with Gasteiger partial charge in [-0.25, -0.2) is 4.98 Å². The van der Waals surface area contributed by atoms with Gasteiger partial charge in [0.2, 0.25) is 0 Å². The first kappa shape index (κ1) is 22.9. The van der Waals surface area contributed by atoms with Crippen molar-refractivity contribution in [3.8, 4) is 0 Å². The lowest BCUT2D eigenvalue weighted by Crippen LogP contribution is -2.40. The molecular formula is C25H22F3N5O2. The Morgan fingerprint density at radius 1 is 1.06 bits per heavy atom. The average Bonchev–Trinajstić information content (AvgIpc) is 3.26. The molecule has 1 aliphatic rings. The van der Waals surface area contributed by atoms with Crippen LogP contribution in [0.2, 0.25) is 0 Å². The molecule has 180 valence electrons. The van der Waals surface area contributed by atoms with E-state index in [1.165, 1.54) is 6.07 Å². The molecule has 1 fully saturated rings. The average molecular weight is 481 g/mol. The zero-order valence-electron chi connectivity index (χ0n) is 18.6. The molecule has 35 heavy (non-hydrogen) atoms. The number of carbonyl (C=O) groups is 1. The summed E-state index contributed by atoms with van der Waals surface area (Å²) in [6.45, 7) is 2.17. The molecule has 1 amide bonds. The minimum atomic E-state index is -4.39. The van der Waals surface area contributed by atoms with E-state index in [1.807, 2.05) is 12.1 Å². The van der Waals surface area contributed by atoms with Crippen molar-refractivity contribution < 1.29 is 22.7 Å². The number of ether oxygens (including phenoxy) is 1. The van der Waals surface area contributed by atoms with Crippen molar-refractivity contribution in [2.75, 3.05) is 31.6 Å². The van der Waals surface area contributed by atoms with Gasteiger partial charge in [-0.1, -0.05) is 24.3 Å². The maximum atomic E-state index is 13.1. The number of carbonyl (C=O) groups excluding carboxylic acids is 1. The quantitative estimate of drug-likeness (QED) is 0.429. The van der Waals surface area contributed by atoms with E-state index in [-0.39, 0.29) is 5.91 Å². The van der Waals surface area contributed by atoms with Crippen LogP contribution in [-0.2, 0) is 17.3 Å². The Kier molecular flexibility index (Phi) is 6.12. The third-order valence-corrected chi connectivity index (χ3v) is 5.81. The van der Waals surface area contributed by atoms with Gasteiger partial charge in [-0.05, 0) is 47.9 Å². The van der Waals surface area contributed by atoms with E-state index in [0.29, 0.717) is 66.4 Å². The van der Waals surface area contributed by atoms with Gasteiger partial charge in [0.25, 0.3) is 5.91 Å². The normalized spacial score (nSPS) is 14.3. The van der Waals surface area contributed by atoms with Crippen LogP contribution in [0.15, 0.2) is 60.8 Å². The van der Waals surface area contributed by atoms with Gasteiger partial charge < -0.3 is 15.0 Å².